The molecular formula is C17H26N4O4. The number of pyridine rings is 1. The van der Waals surface area contributed by atoms with E-state index in [-0.39, 0.29) is 37.7 Å². The smallest absolute Gasteiger partial charge is 0.320 e. The van der Waals surface area contributed by atoms with Gasteiger partial charge in [0.2, 0.25) is 5.91 Å². The summed E-state index contributed by atoms with van der Waals surface area (Å²) in [5.41, 5.74) is 6.75. The Labute approximate surface area is 147 Å². The molecule has 5 N–H and O–H groups in total. The molecule has 0 fully saturated rings. The molecule has 0 radical (unpaired) electrons. The molecule has 1 aromatic heterocycles. The first-order chi connectivity index (χ1) is 11.9. The molecule has 1 rings (SSSR count). The van der Waals surface area contributed by atoms with Crippen LogP contribution in [0.3, 0.4) is 0 Å². The fraction of sp³-hybridized carbons (Fsp3) is 0.529. The highest BCUT2D eigenvalue weighted by Crippen LogP contribution is 2.05. The van der Waals surface area contributed by atoms with E-state index in [0.717, 1.165) is 24.8 Å². The molecule has 25 heavy (non-hydrogen) atoms. The molecule has 2 amide bonds. The van der Waals surface area contributed by atoms with E-state index in [2.05, 4.69) is 22.5 Å². The Morgan fingerprint density at radius 3 is 2.56 bits per heavy atom. The van der Waals surface area contributed by atoms with Crippen molar-refractivity contribution in [3.63, 3.8) is 0 Å². The molecule has 8 nitrogen and oxygen atoms in total. The molecule has 0 aliphatic carbocycles. The summed E-state index contributed by atoms with van der Waals surface area (Å²) >= 11 is 0. The Morgan fingerprint density at radius 1 is 1.24 bits per heavy atom. The molecule has 138 valence electrons. The SMILES string of the molecule is CCCCc1ccc(C(=O)NCCNC(=O)CCC(N)C(=O)O)nc1. The largest absolute Gasteiger partial charge is 0.480 e. The number of carboxylic acids is 1. The maximum absolute atomic E-state index is 11.9. The third-order valence-corrected chi connectivity index (χ3v) is 3.61. The molecule has 0 aliphatic rings. The van der Waals surface area contributed by atoms with Crippen LogP contribution in [0, 0.1) is 0 Å². The third kappa shape index (κ3) is 8.25. The van der Waals surface area contributed by atoms with Crippen molar-refractivity contribution in [1.29, 1.82) is 0 Å². The van der Waals surface area contributed by atoms with Crippen molar-refractivity contribution in [2.45, 2.75) is 45.1 Å². The maximum atomic E-state index is 11.9. The van der Waals surface area contributed by atoms with Gasteiger partial charge in [-0.25, -0.2) is 0 Å². The second-order valence-electron chi connectivity index (χ2n) is 5.74. The average molecular weight is 350 g/mol. The quantitative estimate of drug-likeness (QED) is 0.428. The molecular weight excluding hydrogens is 324 g/mol. The van der Waals surface area contributed by atoms with Crippen LogP contribution in [0.4, 0.5) is 0 Å². The number of aryl methyl sites for hydroxylation is 1. The number of rotatable bonds is 11. The fourth-order valence-electron chi connectivity index (χ4n) is 2.05. The minimum atomic E-state index is -1.13. The molecule has 0 aromatic carbocycles. The lowest BCUT2D eigenvalue weighted by Gasteiger charge is -2.08. The van der Waals surface area contributed by atoms with Gasteiger partial charge in [-0.3, -0.25) is 19.4 Å². The molecule has 1 heterocycles. The second-order valence-corrected chi connectivity index (χ2v) is 5.74. The minimum Gasteiger partial charge on any atom is -0.480 e. The average Bonchev–Trinajstić information content (AvgIpc) is 2.61. The first kappa shape index (κ1) is 20.6. The Bertz CT molecular complexity index is 575. The van der Waals surface area contributed by atoms with Crippen LogP contribution in [0.15, 0.2) is 18.3 Å². The Kier molecular flexibility index (Phi) is 9.16. The molecule has 1 unspecified atom stereocenters. The van der Waals surface area contributed by atoms with Crippen molar-refractivity contribution >= 4 is 17.8 Å². The Morgan fingerprint density at radius 2 is 1.96 bits per heavy atom. The number of amides is 2. The number of nitrogens with two attached hydrogens (primary N) is 1. The van der Waals surface area contributed by atoms with E-state index in [9.17, 15) is 14.4 Å². The van der Waals surface area contributed by atoms with Crippen molar-refractivity contribution in [3.8, 4) is 0 Å². The number of carbonyl (C=O) groups excluding carboxylic acids is 2. The van der Waals surface area contributed by atoms with Gasteiger partial charge in [-0.05, 0) is 30.9 Å². The van der Waals surface area contributed by atoms with E-state index in [4.69, 9.17) is 10.8 Å². The summed E-state index contributed by atoms with van der Waals surface area (Å²) < 4.78 is 0. The highest BCUT2D eigenvalue weighted by atomic mass is 16.4. The lowest BCUT2D eigenvalue weighted by atomic mass is 10.1. The molecule has 0 spiro atoms. The van der Waals surface area contributed by atoms with Crippen LogP contribution in [0.5, 0.6) is 0 Å². The van der Waals surface area contributed by atoms with E-state index in [1.807, 2.05) is 6.07 Å². The van der Waals surface area contributed by atoms with E-state index >= 15 is 0 Å². The molecule has 0 saturated heterocycles. The van der Waals surface area contributed by atoms with E-state index in [1.165, 1.54) is 0 Å². The topological polar surface area (TPSA) is 134 Å². The Hall–Kier alpha value is -2.48. The number of hydrogen-bond donors (Lipinski definition) is 4. The lowest BCUT2D eigenvalue weighted by molar-refractivity contribution is -0.138. The zero-order chi connectivity index (χ0) is 18.7. The summed E-state index contributed by atoms with van der Waals surface area (Å²) in [4.78, 5) is 38.1. The van der Waals surface area contributed by atoms with Crippen LogP contribution in [-0.4, -0.2) is 47.0 Å². The molecule has 1 aromatic rings. The number of nitrogens with zero attached hydrogens (tertiary/aromatic N) is 1. The minimum absolute atomic E-state index is 0.0300. The van der Waals surface area contributed by atoms with Crippen molar-refractivity contribution in [2.75, 3.05) is 13.1 Å². The van der Waals surface area contributed by atoms with E-state index in [1.54, 1.807) is 12.3 Å². The van der Waals surface area contributed by atoms with Gasteiger partial charge >= 0.3 is 5.97 Å². The summed E-state index contributed by atoms with van der Waals surface area (Å²) in [5, 5.41) is 13.9. The third-order valence-electron chi connectivity index (χ3n) is 3.61. The first-order valence-electron chi connectivity index (χ1n) is 8.42. The van der Waals surface area contributed by atoms with Gasteiger partial charge in [0.25, 0.3) is 5.91 Å². The predicted molar refractivity (Wildman–Crippen MR) is 93.0 cm³/mol. The highest BCUT2D eigenvalue weighted by Gasteiger charge is 2.13. The fourth-order valence-corrected chi connectivity index (χ4v) is 2.05. The van der Waals surface area contributed by atoms with Crippen LogP contribution in [0.1, 0.15) is 48.7 Å². The van der Waals surface area contributed by atoms with Gasteiger partial charge in [0.05, 0.1) is 0 Å². The van der Waals surface area contributed by atoms with Crippen molar-refractivity contribution in [2.24, 2.45) is 5.73 Å². The summed E-state index contributed by atoms with van der Waals surface area (Å²) in [6, 6.07) is 2.54. The van der Waals surface area contributed by atoms with Gasteiger partial charge in [-0.15, -0.1) is 0 Å². The van der Waals surface area contributed by atoms with Crippen molar-refractivity contribution < 1.29 is 19.5 Å². The number of carbonyl (C=O) groups is 3. The second kappa shape index (κ2) is 11.1. The van der Waals surface area contributed by atoms with Gasteiger partial charge in [-0.2, -0.15) is 0 Å². The molecule has 1 atom stereocenters. The zero-order valence-electron chi connectivity index (χ0n) is 14.5. The number of carboxylic acid groups (broad SMARTS) is 1. The van der Waals surface area contributed by atoms with E-state index in [0.29, 0.717) is 5.69 Å². The normalized spacial score (nSPS) is 11.6. The van der Waals surface area contributed by atoms with Crippen LogP contribution in [0.25, 0.3) is 0 Å². The van der Waals surface area contributed by atoms with Gasteiger partial charge in [-0.1, -0.05) is 19.4 Å². The summed E-state index contributed by atoms with van der Waals surface area (Å²) in [6.45, 7) is 2.63. The molecule has 0 aliphatic heterocycles. The van der Waals surface area contributed by atoms with Crippen molar-refractivity contribution in [3.05, 3.63) is 29.6 Å². The van der Waals surface area contributed by atoms with Crippen LogP contribution >= 0.6 is 0 Å². The van der Waals surface area contributed by atoms with Gasteiger partial charge in [0, 0.05) is 25.7 Å². The lowest BCUT2D eigenvalue weighted by Crippen LogP contribution is -2.36. The van der Waals surface area contributed by atoms with E-state index < -0.39 is 12.0 Å². The molecule has 0 bridgehead atoms. The van der Waals surface area contributed by atoms with Crippen LogP contribution < -0.4 is 16.4 Å². The number of hydrogen-bond acceptors (Lipinski definition) is 5. The van der Waals surface area contributed by atoms with Crippen LogP contribution in [0.2, 0.25) is 0 Å². The van der Waals surface area contributed by atoms with Gasteiger partial charge < -0.3 is 21.5 Å². The highest BCUT2D eigenvalue weighted by molar-refractivity contribution is 5.92. The molecule has 0 saturated carbocycles. The Balaban J connectivity index is 2.23. The number of unbranched alkanes of at least 4 members (excludes halogenated alkanes) is 1. The van der Waals surface area contributed by atoms with Gasteiger partial charge in [0.15, 0.2) is 0 Å². The van der Waals surface area contributed by atoms with Crippen molar-refractivity contribution in [1.82, 2.24) is 15.6 Å². The monoisotopic (exact) mass is 350 g/mol. The van der Waals surface area contributed by atoms with Gasteiger partial charge in [0.1, 0.15) is 11.7 Å². The summed E-state index contributed by atoms with van der Waals surface area (Å²) in [6.07, 6.45) is 4.95. The zero-order valence-corrected chi connectivity index (χ0v) is 14.5. The maximum Gasteiger partial charge on any atom is 0.320 e. The standard InChI is InChI=1S/C17H26N4O4/c1-2-3-4-12-5-7-14(21-11-12)16(23)20-10-9-19-15(22)8-6-13(18)17(24)25/h5,7,11,13H,2-4,6,8-10,18H2,1H3,(H,19,22)(H,20,23)(H,24,25). The first-order valence-corrected chi connectivity index (χ1v) is 8.42. The summed E-state index contributed by atoms with van der Waals surface area (Å²) in [5.74, 6) is -1.73. The van der Waals surface area contributed by atoms with Crippen LogP contribution in [-0.2, 0) is 16.0 Å². The predicted octanol–water partition coefficient (Wildman–Crippen LogP) is 0.462. The summed E-state index contributed by atoms with van der Waals surface area (Å²) in [7, 11) is 0. The molecule has 8 heteroatoms. The number of nitrogens with one attached hydrogen (secondary N) is 2. The number of aromatic nitrogens is 1. The number of aliphatic carboxylic acids is 1.